The van der Waals surface area contributed by atoms with Gasteiger partial charge in [-0.2, -0.15) is 0 Å². The van der Waals surface area contributed by atoms with Crippen molar-refractivity contribution in [2.45, 2.75) is 33.2 Å². The molecule has 0 saturated heterocycles. The molecule has 1 aliphatic heterocycles. The predicted molar refractivity (Wildman–Crippen MR) is 52.4 cm³/mol. The molecule has 3 nitrogen and oxygen atoms in total. The van der Waals surface area contributed by atoms with Crippen molar-refractivity contribution < 1.29 is 0 Å². The van der Waals surface area contributed by atoms with E-state index in [4.69, 9.17) is 0 Å². The molecule has 0 saturated carbocycles. The van der Waals surface area contributed by atoms with E-state index < -0.39 is 0 Å². The summed E-state index contributed by atoms with van der Waals surface area (Å²) in [7, 11) is 0. The number of hydrogen-bond donors (Lipinski definition) is 2. The highest BCUT2D eigenvalue weighted by molar-refractivity contribution is 5.81. The van der Waals surface area contributed by atoms with Gasteiger partial charge in [-0.25, -0.2) is 0 Å². The van der Waals surface area contributed by atoms with Crippen molar-refractivity contribution in [3.8, 4) is 0 Å². The van der Waals surface area contributed by atoms with Gasteiger partial charge >= 0.3 is 0 Å². The van der Waals surface area contributed by atoms with Crippen molar-refractivity contribution in [1.29, 1.82) is 0 Å². The van der Waals surface area contributed by atoms with E-state index in [1.807, 2.05) is 0 Å². The number of aliphatic imine (C=N–C) groups is 1. The van der Waals surface area contributed by atoms with Crippen LogP contribution in [0.4, 0.5) is 0 Å². The van der Waals surface area contributed by atoms with Crippen LogP contribution in [-0.2, 0) is 0 Å². The molecular weight excluding hydrogens is 150 g/mol. The highest BCUT2D eigenvalue weighted by atomic mass is 15.2. The Kier molecular flexibility index (Phi) is 3.38. The lowest BCUT2D eigenvalue weighted by molar-refractivity contribution is 0.574. The van der Waals surface area contributed by atoms with Gasteiger partial charge in [0.05, 0.1) is 6.54 Å². The van der Waals surface area contributed by atoms with Crippen LogP contribution in [0.25, 0.3) is 0 Å². The van der Waals surface area contributed by atoms with E-state index in [1.165, 1.54) is 6.42 Å². The van der Waals surface area contributed by atoms with Crippen LogP contribution in [-0.4, -0.2) is 25.1 Å². The van der Waals surface area contributed by atoms with E-state index in [9.17, 15) is 0 Å². The fraction of sp³-hybridized carbons (Fsp3) is 0.889. The number of guanidine groups is 1. The Bertz CT molecular complexity index is 163. The zero-order chi connectivity index (χ0) is 8.97. The Morgan fingerprint density at radius 3 is 2.92 bits per heavy atom. The molecule has 1 aliphatic rings. The molecule has 2 N–H and O–H groups in total. The highest BCUT2D eigenvalue weighted by Crippen LogP contribution is 1.97. The third kappa shape index (κ3) is 3.11. The maximum absolute atomic E-state index is 4.31. The summed E-state index contributed by atoms with van der Waals surface area (Å²) < 4.78 is 0. The van der Waals surface area contributed by atoms with E-state index in [1.54, 1.807) is 0 Å². The molecule has 0 amide bonds. The van der Waals surface area contributed by atoms with Gasteiger partial charge in [0.25, 0.3) is 0 Å². The molecule has 0 aliphatic carbocycles. The lowest BCUT2D eigenvalue weighted by atomic mass is 10.1. The second kappa shape index (κ2) is 4.33. The van der Waals surface area contributed by atoms with Gasteiger partial charge in [0.2, 0.25) is 0 Å². The summed E-state index contributed by atoms with van der Waals surface area (Å²) in [5.41, 5.74) is 0. The van der Waals surface area contributed by atoms with E-state index in [0.29, 0.717) is 6.04 Å². The summed E-state index contributed by atoms with van der Waals surface area (Å²) in [6.45, 7) is 8.53. The van der Waals surface area contributed by atoms with Crippen LogP contribution in [0.3, 0.4) is 0 Å². The molecule has 12 heavy (non-hydrogen) atoms. The van der Waals surface area contributed by atoms with E-state index >= 15 is 0 Å². The minimum atomic E-state index is 0.506. The largest absolute Gasteiger partial charge is 0.356 e. The molecule has 0 fully saturated rings. The fourth-order valence-electron chi connectivity index (χ4n) is 1.14. The normalized spacial score (nSPS) is 22.3. The average molecular weight is 169 g/mol. The molecule has 0 spiro atoms. The van der Waals surface area contributed by atoms with Crippen molar-refractivity contribution in [2.24, 2.45) is 10.9 Å². The molecule has 1 rings (SSSR count). The SMILES string of the molecule is CC(C)CCNC1=NCC(C)N1. The smallest absolute Gasteiger partial charge is 0.191 e. The van der Waals surface area contributed by atoms with Crippen molar-refractivity contribution in [3.63, 3.8) is 0 Å². The molecule has 1 heterocycles. The minimum Gasteiger partial charge on any atom is -0.356 e. The first kappa shape index (κ1) is 9.36. The quantitative estimate of drug-likeness (QED) is 0.660. The summed E-state index contributed by atoms with van der Waals surface area (Å²) in [4.78, 5) is 4.31. The van der Waals surface area contributed by atoms with Gasteiger partial charge in [-0.05, 0) is 19.3 Å². The molecule has 70 valence electrons. The van der Waals surface area contributed by atoms with E-state index in [0.717, 1.165) is 25.0 Å². The maximum Gasteiger partial charge on any atom is 0.191 e. The molecule has 0 bridgehead atoms. The first-order valence-electron chi connectivity index (χ1n) is 4.73. The van der Waals surface area contributed by atoms with Gasteiger partial charge in [0, 0.05) is 12.6 Å². The Hall–Kier alpha value is -0.730. The molecule has 0 radical (unpaired) electrons. The Morgan fingerprint density at radius 1 is 1.67 bits per heavy atom. The number of nitrogens with one attached hydrogen (secondary N) is 2. The molecule has 0 aromatic heterocycles. The van der Waals surface area contributed by atoms with Crippen LogP contribution in [0.1, 0.15) is 27.2 Å². The van der Waals surface area contributed by atoms with Crippen LogP contribution in [0, 0.1) is 5.92 Å². The lowest BCUT2D eigenvalue weighted by Gasteiger charge is -2.09. The highest BCUT2D eigenvalue weighted by Gasteiger charge is 2.10. The van der Waals surface area contributed by atoms with Crippen LogP contribution >= 0.6 is 0 Å². The van der Waals surface area contributed by atoms with Crippen LogP contribution < -0.4 is 10.6 Å². The summed E-state index contributed by atoms with van der Waals surface area (Å²) in [5, 5.41) is 6.55. The summed E-state index contributed by atoms with van der Waals surface area (Å²) >= 11 is 0. The summed E-state index contributed by atoms with van der Waals surface area (Å²) in [6.07, 6.45) is 1.20. The second-order valence-electron chi connectivity index (χ2n) is 3.84. The van der Waals surface area contributed by atoms with E-state index in [2.05, 4.69) is 36.4 Å². The predicted octanol–water partition coefficient (Wildman–Crippen LogP) is 0.970. The lowest BCUT2D eigenvalue weighted by Crippen LogP contribution is -2.38. The Labute approximate surface area is 74.6 Å². The number of hydrogen-bond acceptors (Lipinski definition) is 3. The molecular formula is C9H19N3. The topological polar surface area (TPSA) is 36.4 Å². The van der Waals surface area contributed by atoms with Gasteiger partial charge in [-0.3, -0.25) is 4.99 Å². The van der Waals surface area contributed by atoms with E-state index in [-0.39, 0.29) is 0 Å². The minimum absolute atomic E-state index is 0.506. The average Bonchev–Trinajstić information content (AvgIpc) is 2.35. The number of rotatable bonds is 3. The molecule has 1 atom stereocenters. The van der Waals surface area contributed by atoms with Gasteiger partial charge in [0.1, 0.15) is 0 Å². The van der Waals surface area contributed by atoms with Crippen molar-refractivity contribution in [3.05, 3.63) is 0 Å². The van der Waals surface area contributed by atoms with Crippen molar-refractivity contribution in [2.75, 3.05) is 13.1 Å². The first-order chi connectivity index (χ1) is 5.68. The van der Waals surface area contributed by atoms with Gasteiger partial charge in [-0.1, -0.05) is 13.8 Å². The molecule has 3 heteroatoms. The second-order valence-corrected chi connectivity index (χ2v) is 3.84. The molecule has 1 unspecified atom stereocenters. The Morgan fingerprint density at radius 2 is 2.42 bits per heavy atom. The van der Waals surface area contributed by atoms with Crippen LogP contribution in [0.15, 0.2) is 4.99 Å². The van der Waals surface area contributed by atoms with Gasteiger partial charge in [0.15, 0.2) is 5.96 Å². The maximum atomic E-state index is 4.31. The standard InChI is InChI=1S/C9H19N3/c1-7(2)4-5-10-9-11-6-8(3)12-9/h7-8H,4-6H2,1-3H3,(H2,10,11,12). The van der Waals surface area contributed by atoms with Crippen LogP contribution in [0.5, 0.6) is 0 Å². The number of nitrogens with zero attached hydrogens (tertiary/aromatic N) is 1. The zero-order valence-electron chi connectivity index (χ0n) is 8.22. The third-order valence-electron chi connectivity index (χ3n) is 1.92. The molecule has 0 aromatic carbocycles. The van der Waals surface area contributed by atoms with Gasteiger partial charge < -0.3 is 10.6 Å². The molecule has 0 aromatic rings. The van der Waals surface area contributed by atoms with Crippen molar-refractivity contribution in [1.82, 2.24) is 10.6 Å². The van der Waals surface area contributed by atoms with Crippen LogP contribution in [0.2, 0.25) is 0 Å². The Balaban J connectivity index is 2.08. The third-order valence-corrected chi connectivity index (χ3v) is 1.92. The first-order valence-corrected chi connectivity index (χ1v) is 4.73. The monoisotopic (exact) mass is 169 g/mol. The summed E-state index contributed by atoms with van der Waals surface area (Å²) in [5.74, 6) is 1.74. The van der Waals surface area contributed by atoms with Crippen molar-refractivity contribution >= 4 is 5.96 Å². The fourth-order valence-corrected chi connectivity index (χ4v) is 1.14. The van der Waals surface area contributed by atoms with Gasteiger partial charge in [-0.15, -0.1) is 0 Å². The summed E-state index contributed by atoms with van der Waals surface area (Å²) in [6, 6.07) is 0.506. The zero-order valence-corrected chi connectivity index (χ0v) is 8.22.